The van der Waals surface area contributed by atoms with Crippen molar-refractivity contribution in [3.05, 3.63) is 18.6 Å². The molecule has 13 heavy (non-hydrogen) atoms. The molecule has 0 radical (unpaired) electrons. The molecule has 0 bridgehead atoms. The van der Waals surface area contributed by atoms with Crippen LogP contribution < -0.4 is 0 Å². The molecule has 0 aliphatic rings. The van der Waals surface area contributed by atoms with Gasteiger partial charge in [0.15, 0.2) is 0 Å². The fourth-order valence-corrected chi connectivity index (χ4v) is 1.86. The van der Waals surface area contributed by atoms with Gasteiger partial charge in [-0.3, -0.25) is 0 Å². The zero-order valence-electron chi connectivity index (χ0n) is 7.90. The van der Waals surface area contributed by atoms with Crippen LogP contribution in [0.5, 0.6) is 0 Å². The standard InChI is InChI=1S/C9H14N2OS/c1-9(2,12)4-6-13-8-3-5-10-7-11-8/h3,5,7,12H,4,6H2,1-2H3. The number of hydrogen-bond acceptors (Lipinski definition) is 4. The van der Waals surface area contributed by atoms with Crippen LogP contribution in [0.3, 0.4) is 0 Å². The normalized spacial score (nSPS) is 11.6. The third-order valence-electron chi connectivity index (χ3n) is 1.52. The van der Waals surface area contributed by atoms with E-state index in [1.807, 2.05) is 19.9 Å². The van der Waals surface area contributed by atoms with Crippen LogP contribution in [0, 0.1) is 0 Å². The Morgan fingerprint density at radius 3 is 2.85 bits per heavy atom. The van der Waals surface area contributed by atoms with Gasteiger partial charge in [0.1, 0.15) is 6.33 Å². The van der Waals surface area contributed by atoms with Crippen molar-refractivity contribution in [3.8, 4) is 0 Å². The van der Waals surface area contributed by atoms with Crippen LogP contribution in [0.25, 0.3) is 0 Å². The molecule has 4 heteroatoms. The van der Waals surface area contributed by atoms with E-state index in [1.165, 1.54) is 6.33 Å². The molecule has 1 N–H and O–H groups in total. The van der Waals surface area contributed by atoms with Gasteiger partial charge in [-0.1, -0.05) is 0 Å². The minimum Gasteiger partial charge on any atom is -0.390 e. The van der Waals surface area contributed by atoms with E-state index in [0.29, 0.717) is 0 Å². The molecule has 0 saturated heterocycles. The van der Waals surface area contributed by atoms with E-state index in [0.717, 1.165) is 17.2 Å². The van der Waals surface area contributed by atoms with Crippen LogP contribution in [0.1, 0.15) is 20.3 Å². The van der Waals surface area contributed by atoms with Crippen molar-refractivity contribution in [1.82, 2.24) is 9.97 Å². The molecule has 0 aromatic carbocycles. The summed E-state index contributed by atoms with van der Waals surface area (Å²) in [5.74, 6) is 0.876. The quantitative estimate of drug-likeness (QED) is 0.591. The van der Waals surface area contributed by atoms with E-state index in [1.54, 1.807) is 18.0 Å². The molecule has 1 rings (SSSR count). The Balaban J connectivity index is 2.29. The fraction of sp³-hybridized carbons (Fsp3) is 0.556. The zero-order valence-corrected chi connectivity index (χ0v) is 8.71. The first-order chi connectivity index (χ1) is 6.08. The Morgan fingerprint density at radius 2 is 2.31 bits per heavy atom. The van der Waals surface area contributed by atoms with Gasteiger partial charge >= 0.3 is 0 Å². The highest BCUT2D eigenvalue weighted by atomic mass is 32.2. The Kier molecular flexibility index (Phi) is 3.69. The molecule has 0 saturated carbocycles. The van der Waals surface area contributed by atoms with Crippen molar-refractivity contribution in [3.63, 3.8) is 0 Å². The summed E-state index contributed by atoms with van der Waals surface area (Å²) in [6, 6.07) is 1.87. The van der Waals surface area contributed by atoms with Crippen LogP contribution in [0.2, 0.25) is 0 Å². The van der Waals surface area contributed by atoms with E-state index in [-0.39, 0.29) is 0 Å². The maximum atomic E-state index is 9.45. The van der Waals surface area contributed by atoms with E-state index < -0.39 is 5.60 Å². The average Bonchev–Trinajstić information content (AvgIpc) is 2.04. The number of hydrogen-bond donors (Lipinski definition) is 1. The minimum absolute atomic E-state index is 0.583. The van der Waals surface area contributed by atoms with Crippen molar-refractivity contribution >= 4 is 11.8 Å². The van der Waals surface area contributed by atoms with Gasteiger partial charge in [-0.25, -0.2) is 9.97 Å². The Hall–Kier alpha value is -0.610. The number of aliphatic hydroxyl groups is 1. The maximum absolute atomic E-state index is 9.45. The van der Waals surface area contributed by atoms with Crippen molar-refractivity contribution in [2.75, 3.05) is 5.75 Å². The maximum Gasteiger partial charge on any atom is 0.116 e. The molecule has 72 valence electrons. The van der Waals surface area contributed by atoms with Crippen molar-refractivity contribution in [2.45, 2.75) is 30.9 Å². The second kappa shape index (κ2) is 4.58. The Bertz CT molecular complexity index is 246. The van der Waals surface area contributed by atoms with Gasteiger partial charge in [0, 0.05) is 11.9 Å². The number of nitrogens with zero attached hydrogens (tertiary/aromatic N) is 2. The van der Waals surface area contributed by atoms with Crippen LogP contribution in [-0.2, 0) is 0 Å². The molecule has 0 fully saturated rings. The molecule has 0 aliphatic heterocycles. The molecule has 0 amide bonds. The van der Waals surface area contributed by atoms with Crippen LogP contribution >= 0.6 is 11.8 Å². The molecule has 1 heterocycles. The first-order valence-electron chi connectivity index (χ1n) is 4.19. The highest BCUT2D eigenvalue weighted by molar-refractivity contribution is 7.99. The fourth-order valence-electron chi connectivity index (χ4n) is 0.769. The minimum atomic E-state index is -0.583. The van der Waals surface area contributed by atoms with E-state index in [4.69, 9.17) is 0 Å². The summed E-state index contributed by atoms with van der Waals surface area (Å²) < 4.78 is 0. The largest absolute Gasteiger partial charge is 0.390 e. The number of aromatic nitrogens is 2. The number of rotatable bonds is 4. The summed E-state index contributed by atoms with van der Waals surface area (Å²) in [4.78, 5) is 7.90. The van der Waals surface area contributed by atoms with Crippen LogP contribution in [0.4, 0.5) is 0 Å². The number of thioether (sulfide) groups is 1. The predicted molar refractivity (Wildman–Crippen MR) is 53.7 cm³/mol. The average molecular weight is 198 g/mol. The summed E-state index contributed by atoms with van der Waals surface area (Å²) in [6.07, 6.45) is 4.02. The van der Waals surface area contributed by atoms with E-state index in [9.17, 15) is 5.11 Å². The molecule has 0 spiro atoms. The van der Waals surface area contributed by atoms with Crippen LogP contribution in [-0.4, -0.2) is 26.4 Å². The third-order valence-corrected chi connectivity index (χ3v) is 2.46. The van der Waals surface area contributed by atoms with Gasteiger partial charge < -0.3 is 5.11 Å². The zero-order chi connectivity index (χ0) is 9.73. The van der Waals surface area contributed by atoms with Gasteiger partial charge in [0.25, 0.3) is 0 Å². The highest BCUT2D eigenvalue weighted by Crippen LogP contribution is 2.18. The molecular formula is C9H14N2OS. The van der Waals surface area contributed by atoms with Crippen LogP contribution in [0.15, 0.2) is 23.6 Å². The van der Waals surface area contributed by atoms with Crippen molar-refractivity contribution < 1.29 is 5.11 Å². The lowest BCUT2D eigenvalue weighted by molar-refractivity contribution is 0.0777. The van der Waals surface area contributed by atoms with E-state index in [2.05, 4.69) is 9.97 Å². The molecule has 0 aliphatic carbocycles. The Labute approximate surface area is 82.6 Å². The smallest absolute Gasteiger partial charge is 0.116 e. The summed E-state index contributed by atoms with van der Waals surface area (Å²) in [6.45, 7) is 3.63. The van der Waals surface area contributed by atoms with Gasteiger partial charge in [-0.05, 0) is 26.3 Å². The second-order valence-corrected chi connectivity index (χ2v) is 4.57. The first-order valence-corrected chi connectivity index (χ1v) is 5.18. The molecule has 0 atom stereocenters. The summed E-state index contributed by atoms with van der Waals surface area (Å²) in [5, 5.41) is 10.4. The van der Waals surface area contributed by atoms with E-state index >= 15 is 0 Å². The summed E-state index contributed by atoms with van der Waals surface area (Å²) >= 11 is 1.64. The van der Waals surface area contributed by atoms with Gasteiger partial charge in [-0.2, -0.15) is 0 Å². The molecule has 1 aromatic heterocycles. The Morgan fingerprint density at radius 1 is 1.54 bits per heavy atom. The molecule has 3 nitrogen and oxygen atoms in total. The predicted octanol–water partition coefficient (Wildman–Crippen LogP) is 1.73. The lowest BCUT2D eigenvalue weighted by Gasteiger charge is -2.15. The second-order valence-electron chi connectivity index (χ2n) is 3.46. The molecule has 1 aromatic rings. The van der Waals surface area contributed by atoms with Gasteiger partial charge in [0.2, 0.25) is 0 Å². The highest BCUT2D eigenvalue weighted by Gasteiger charge is 2.11. The topological polar surface area (TPSA) is 46.0 Å². The molecule has 0 unspecified atom stereocenters. The summed E-state index contributed by atoms with van der Waals surface area (Å²) in [7, 11) is 0. The molecular weight excluding hydrogens is 184 g/mol. The third kappa shape index (κ3) is 4.85. The first kappa shape index (κ1) is 10.5. The van der Waals surface area contributed by atoms with Crippen molar-refractivity contribution in [1.29, 1.82) is 0 Å². The monoisotopic (exact) mass is 198 g/mol. The van der Waals surface area contributed by atoms with Gasteiger partial charge in [-0.15, -0.1) is 11.8 Å². The lowest BCUT2D eigenvalue weighted by atomic mass is 10.1. The van der Waals surface area contributed by atoms with Gasteiger partial charge in [0.05, 0.1) is 10.6 Å². The van der Waals surface area contributed by atoms with Crippen molar-refractivity contribution in [2.24, 2.45) is 0 Å². The SMILES string of the molecule is CC(C)(O)CCSc1ccncn1. The summed E-state index contributed by atoms with van der Waals surface area (Å²) in [5.41, 5.74) is -0.583. The lowest BCUT2D eigenvalue weighted by Crippen LogP contribution is -2.19.